The summed E-state index contributed by atoms with van der Waals surface area (Å²) in [5.41, 5.74) is -0.185. The van der Waals surface area contributed by atoms with Crippen molar-refractivity contribution in [2.24, 2.45) is 0 Å². The third kappa shape index (κ3) is 3.21. The number of phenols is 1. The van der Waals surface area contributed by atoms with Gasteiger partial charge in [-0.15, -0.1) is 0 Å². The van der Waals surface area contributed by atoms with E-state index in [1.807, 2.05) is 0 Å². The Morgan fingerprint density at radius 3 is 2.45 bits per heavy atom. The zero-order valence-electron chi connectivity index (χ0n) is 10.3. The molecule has 8 heteroatoms. The average molecular weight is 374 g/mol. The summed E-state index contributed by atoms with van der Waals surface area (Å²) in [6.07, 6.45) is -4.47. The highest BCUT2D eigenvalue weighted by Gasteiger charge is 2.46. The van der Waals surface area contributed by atoms with Crippen molar-refractivity contribution in [3.05, 3.63) is 27.2 Å². The molecule has 0 radical (unpaired) electrons. The lowest BCUT2D eigenvalue weighted by atomic mass is 10.0. The molecule has 112 valence electrons. The number of halogens is 5. The van der Waals surface area contributed by atoms with E-state index in [0.29, 0.717) is 13.1 Å². The Morgan fingerprint density at radius 2 is 1.90 bits per heavy atom. The van der Waals surface area contributed by atoms with Crippen molar-refractivity contribution in [2.75, 3.05) is 26.2 Å². The zero-order valence-corrected chi connectivity index (χ0v) is 12.7. The number of phenolic OH excluding ortho intramolecular Hbond substituents is 1. The molecule has 0 saturated carbocycles. The number of hydrogen-bond donors (Lipinski definition) is 2. The first-order valence-corrected chi connectivity index (χ1v) is 7.18. The summed E-state index contributed by atoms with van der Waals surface area (Å²) >= 11 is 8.79. The maximum atomic E-state index is 13.4. The van der Waals surface area contributed by atoms with E-state index >= 15 is 0 Å². The van der Waals surface area contributed by atoms with Crippen LogP contribution in [0.1, 0.15) is 11.6 Å². The first-order chi connectivity index (χ1) is 9.32. The van der Waals surface area contributed by atoms with Gasteiger partial charge in [-0.05, 0) is 22.0 Å². The van der Waals surface area contributed by atoms with Crippen LogP contribution in [0.2, 0.25) is 5.02 Å². The van der Waals surface area contributed by atoms with Crippen molar-refractivity contribution in [1.29, 1.82) is 0 Å². The predicted octanol–water partition coefficient (Wildman–Crippen LogP) is 3.32. The Morgan fingerprint density at radius 1 is 1.30 bits per heavy atom. The summed E-state index contributed by atoms with van der Waals surface area (Å²) in [5, 5.41) is 13.1. The number of rotatable bonds is 2. The van der Waals surface area contributed by atoms with Crippen molar-refractivity contribution in [2.45, 2.75) is 12.2 Å². The highest BCUT2D eigenvalue weighted by atomic mass is 79.9. The molecule has 2 N–H and O–H groups in total. The topological polar surface area (TPSA) is 35.5 Å². The van der Waals surface area contributed by atoms with Gasteiger partial charge in [-0.2, -0.15) is 13.2 Å². The van der Waals surface area contributed by atoms with Crippen molar-refractivity contribution in [3.8, 4) is 5.75 Å². The number of hydrogen-bond acceptors (Lipinski definition) is 3. The van der Waals surface area contributed by atoms with Gasteiger partial charge in [0.05, 0.1) is 9.50 Å². The lowest BCUT2D eigenvalue weighted by Gasteiger charge is -2.36. The maximum absolute atomic E-state index is 13.4. The minimum atomic E-state index is -4.47. The summed E-state index contributed by atoms with van der Waals surface area (Å²) in [6, 6.07) is 0.739. The third-order valence-corrected chi connectivity index (χ3v) is 4.57. The molecule has 20 heavy (non-hydrogen) atoms. The van der Waals surface area contributed by atoms with E-state index < -0.39 is 18.0 Å². The number of alkyl halides is 3. The molecule has 1 saturated heterocycles. The summed E-state index contributed by atoms with van der Waals surface area (Å²) in [5.74, 6) is -0.460. The molecule has 1 fully saturated rings. The van der Waals surface area contributed by atoms with Crippen LogP contribution in [-0.2, 0) is 0 Å². The second-order valence-corrected chi connectivity index (χ2v) is 5.73. The van der Waals surface area contributed by atoms with Crippen LogP contribution in [0.15, 0.2) is 16.6 Å². The molecule has 2 rings (SSSR count). The summed E-state index contributed by atoms with van der Waals surface area (Å²) < 4.78 is 40.2. The van der Waals surface area contributed by atoms with Crippen LogP contribution in [0.5, 0.6) is 5.75 Å². The first-order valence-electron chi connectivity index (χ1n) is 6.00. The van der Waals surface area contributed by atoms with E-state index in [1.165, 1.54) is 17.0 Å². The largest absolute Gasteiger partial charge is 0.506 e. The second-order valence-electron chi connectivity index (χ2n) is 4.53. The Bertz CT molecular complexity index is 492. The summed E-state index contributed by atoms with van der Waals surface area (Å²) in [6.45, 7) is 1.51. The van der Waals surface area contributed by atoms with Gasteiger partial charge < -0.3 is 10.4 Å². The summed E-state index contributed by atoms with van der Waals surface area (Å²) in [7, 11) is 0. The molecule has 0 amide bonds. The molecule has 1 aliphatic rings. The van der Waals surface area contributed by atoms with Crippen LogP contribution >= 0.6 is 27.5 Å². The second kappa shape index (κ2) is 6.09. The van der Waals surface area contributed by atoms with E-state index in [2.05, 4.69) is 21.2 Å². The van der Waals surface area contributed by atoms with Gasteiger partial charge in [0, 0.05) is 31.7 Å². The Labute approximate surface area is 127 Å². The minimum absolute atomic E-state index is 0.0843. The molecular formula is C12H13BrClF3N2O. The quantitative estimate of drug-likeness (QED) is 0.835. The van der Waals surface area contributed by atoms with E-state index in [-0.39, 0.29) is 28.1 Å². The fourth-order valence-corrected chi connectivity index (χ4v) is 2.81. The third-order valence-electron chi connectivity index (χ3n) is 3.22. The normalized spacial score (nSPS) is 19.1. The van der Waals surface area contributed by atoms with Crippen LogP contribution in [0.3, 0.4) is 0 Å². The van der Waals surface area contributed by atoms with Crippen LogP contribution < -0.4 is 5.32 Å². The highest BCUT2D eigenvalue weighted by molar-refractivity contribution is 9.10. The van der Waals surface area contributed by atoms with E-state index in [0.717, 1.165) is 0 Å². The molecule has 3 nitrogen and oxygen atoms in total. The molecule has 1 aliphatic heterocycles. The minimum Gasteiger partial charge on any atom is -0.506 e. The van der Waals surface area contributed by atoms with Gasteiger partial charge in [-0.1, -0.05) is 17.7 Å². The van der Waals surface area contributed by atoms with E-state index in [1.54, 1.807) is 0 Å². The molecule has 0 bridgehead atoms. The number of aromatic hydroxyl groups is 1. The molecule has 1 heterocycles. The molecule has 0 spiro atoms. The van der Waals surface area contributed by atoms with Gasteiger partial charge in [0.2, 0.25) is 0 Å². The average Bonchev–Trinajstić information content (AvgIpc) is 2.39. The van der Waals surface area contributed by atoms with Gasteiger partial charge in [0.15, 0.2) is 0 Å². The SMILES string of the molecule is Oc1c([C@@H](N2CCNCC2)C(F)(F)F)ccc(Cl)c1Br. The van der Waals surface area contributed by atoms with Crippen molar-refractivity contribution in [1.82, 2.24) is 10.2 Å². The Balaban J connectivity index is 2.44. The van der Waals surface area contributed by atoms with Gasteiger partial charge in [0.1, 0.15) is 11.8 Å². The van der Waals surface area contributed by atoms with Gasteiger partial charge in [-0.3, -0.25) is 4.90 Å². The lowest BCUT2D eigenvalue weighted by molar-refractivity contribution is -0.188. The predicted molar refractivity (Wildman–Crippen MR) is 74.1 cm³/mol. The fraction of sp³-hybridized carbons (Fsp3) is 0.500. The van der Waals surface area contributed by atoms with Crippen molar-refractivity contribution in [3.63, 3.8) is 0 Å². The fourth-order valence-electron chi connectivity index (χ4n) is 2.30. The Hall–Kier alpha value is -0.500. The summed E-state index contributed by atoms with van der Waals surface area (Å²) in [4.78, 5) is 1.31. The van der Waals surface area contributed by atoms with E-state index in [9.17, 15) is 18.3 Å². The number of benzene rings is 1. The van der Waals surface area contributed by atoms with Gasteiger partial charge in [0.25, 0.3) is 0 Å². The van der Waals surface area contributed by atoms with E-state index in [4.69, 9.17) is 11.6 Å². The monoisotopic (exact) mass is 372 g/mol. The van der Waals surface area contributed by atoms with Gasteiger partial charge in [-0.25, -0.2) is 0 Å². The lowest BCUT2D eigenvalue weighted by Crippen LogP contribution is -2.49. The molecule has 1 aromatic carbocycles. The highest BCUT2D eigenvalue weighted by Crippen LogP contribution is 2.45. The molecule has 0 aliphatic carbocycles. The molecule has 0 unspecified atom stereocenters. The van der Waals surface area contributed by atoms with Crippen LogP contribution in [0.25, 0.3) is 0 Å². The maximum Gasteiger partial charge on any atom is 0.408 e. The van der Waals surface area contributed by atoms with Crippen LogP contribution in [-0.4, -0.2) is 42.4 Å². The van der Waals surface area contributed by atoms with Crippen molar-refractivity contribution >= 4 is 27.5 Å². The molecule has 1 aromatic rings. The Kier molecular flexibility index (Phi) is 4.84. The number of piperazine rings is 1. The standard InChI is InChI=1S/C12H13BrClF3N2O/c13-9-8(14)2-1-7(10(9)20)11(12(15,16)17)19-5-3-18-4-6-19/h1-2,11,18,20H,3-6H2/t11-/m1/s1. The van der Waals surface area contributed by atoms with Crippen LogP contribution in [0, 0.1) is 0 Å². The first kappa shape index (κ1) is 15.9. The molecular weight excluding hydrogens is 360 g/mol. The zero-order chi connectivity index (χ0) is 14.9. The molecule has 1 atom stereocenters. The van der Waals surface area contributed by atoms with Gasteiger partial charge >= 0.3 is 6.18 Å². The van der Waals surface area contributed by atoms with Crippen LogP contribution in [0.4, 0.5) is 13.2 Å². The number of nitrogens with zero attached hydrogens (tertiary/aromatic N) is 1. The molecule has 0 aromatic heterocycles. The van der Waals surface area contributed by atoms with Crippen molar-refractivity contribution < 1.29 is 18.3 Å². The smallest absolute Gasteiger partial charge is 0.408 e. The number of nitrogens with one attached hydrogen (secondary N) is 1.